The Bertz CT molecular complexity index is 586. The number of hydrogen-bond donors (Lipinski definition) is 2. The Morgan fingerprint density at radius 2 is 2.05 bits per heavy atom. The summed E-state index contributed by atoms with van der Waals surface area (Å²) in [5.74, 6) is 0. The normalized spacial score (nSPS) is 23.8. The summed E-state index contributed by atoms with van der Waals surface area (Å²) in [5, 5.41) is 8.90. The van der Waals surface area contributed by atoms with Gasteiger partial charge in [-0.05, 0) is 37.8 Å². The molecule has 1 aliphatic rings. The van der Waals surface area contributed by atoms with Crippen LogP contribution in [0.2, 0.25) is 0 Å². The topological polar surface area (TPSA) is 109 Å². The molecular weight excluding hydrogens is 264 g/mol. The first-order valence-corrected chi connectivity index (χ1v) is 7.64. The second kappa shape index (κ2) is 5.65. The molecule has 1 aliphatic carbocycles. The molecule has 0 atom stereocenters. The number of hydrogen-bond acceptors (Lipinski definition) is 5. The summed E-state index contributed by atoms with van der Waals surface area (Å²) >= 11 is 0. The zero-order chi connectivity index (χ0) is 13.9. The zero-order valence-electron chi connectivity index (χ0n) is 10.4. The summed E-state index contributed by atoms with van der Waals surface area (Å²) in [6, 6.07) is 4.74. The molecule has 0 radical (unpaired) electrons. The molecule has 0 unspecified atom stereocenters. The van der Waals surface area contributed by atoms with Gasteiger partial charge in [-0.2, -0.15) is 5.26 Å². The molecule has 3 N–H and O–H groups in total. The second-order valence-electron chi connectivity index (χ2n) is 4.69. The lowest BCUT2D eigenvalue weighted by atomic mass is 9.93. The molecule has 0 aliphatic heterocycles. The molecule has 1 saturated carbocycles. The standard InChI is InChI=1S/C12H16N4O2S/c13-8-11-12(2-1-7-15-11)19(17,18)16-10-5-3-9(14)4-6-10/h1-2,7,9-10,16H,3-6,14H2. The van der Waals surface area contributed by atoms with E-state index >= 15 is 0 Å². The Morgan fingerprint density at radius 1 is 1.37 bits per heavy atom. The van der Waals surface area contributed by atoms with Crippen LogP contribution in [0.1, 0.15) is 31.4 Å². The quantitative estimate of drug-likeness (QED) is 0.838. The molecule has 0 bridgehead atoms. The number of pyridine rings is 1. The number of sulfonamides is 1. The molecule has 1 aromatic heterocycles. The average molecular weight is 280 g/mol. The fourth-order valence-electron chi connectivity index (χ4n) is 2.21. The van der Waals surface area contributed by atoms with Gasteiger partial charge in [-0.25, -0.2) is 18.1 Å². The highest BCUT2D eigenvalue weighted by Crippen LogP contribution is 2.20. The van der Waals surface area contributed by atoms with Gasteiger partial charge in [0.1, 0.15) is 11.0 Å². The number of nitrogens with two attached hydrogens (primary N) is 1. The molecule has 7 heteroatoms. The van der Waals surface area contributed by atoms with Crippen LogP contribution in [-0.4, -0.2) is 25.5 Å². The summed E-state index contributed by atoms with van der Waals surface area (Å²) in [6.45, 7) is 0. The maximum Gasteiger partial charge on any atom is 0.243 e. The van der Waals surface area contributed by atoms with Crippen molar-refractivity contribution in [2.24, 2.45) is 5.73 Å². The van der Waals surface area contributed by atoms with Crippen LogP contribution in [0.3, 0.4) is 0 Å². The van der Waals surface area contributed by atoms with Crippen LogP contribution in [0, 0.1) is 11.3 Å². The van der Waals surface area contributed by atoms with Gasteiger partial charge in [0.05, 0.1) is 0 Å². The minimum absolute atomic E-state index is 0.0626. The Labute approximate surface area is 112 Å². The highest BCUT2D eigenvalue weighted by Gasteiger charge is 2.26. The van der Waals surface area contributed by atoms with Gasteiger partial charge in [0.2, 0.25) is 10.0 Å². The highest BCUT2D eigenvalue weighted by atomic mass is 32.2. The van der Waals surface area contributed by atoms with Crippen LogP contribution in [0.15, 0.2) is 23.2 Å². The monoisotopic (exact) mass is 280 g/mol. The molecule has 1 aromatic rings. The largest absolute Gasteiger partial charge is 0.328 e. The van der Waals surface area contributed by atoms with E-state index in [4.69, 9.17) is 11.0 Å². The number of nitriles is 1. The molecule has 0 spiro atoms. The van der Waals surface area contributed by atoms with Crippen molar-refractivity contribution >= 4 is 10.0 Å². The minimum atomic E-state index is -3.70. The van der Waals surface area contributed by atoms with E-state index in [1.54, 1.807) is 6.07 Å². The maximum absolute atomic E-state index is 12.2. The first kappa shape index (κ1) is 13.9. The van der Waals surface area contributed by atoms with E-state index in [0.717, 1.165) is 25.7 Å². The molecule has 0 saturated heterocycles. The van der Waals surface area contributed by atoms with E-state index in [2.05, 4.69) is 9.71 Å². The number of aromatic nitrogens is 1. The summed E-state index contributed by atoms with van der Waals surface area (Å²) in [4.78, 5) is 3.71. The van der Waals surface area contributed by atoms with Crippen molar-refractivity contribution in [3.63, 3.8) is 0 Å². The van der Waals surface area contributed by atoms with Gasteiger partial charge in [0.25, 0.3) is 0 Å². The summed E-state index contributed by atoms with van der Waals surface area (Å²) in [6.07, 6.45) is 4.47. The molecule has 0 amide bonds. The highest BCUT2D eigenvalue weighted by molar-refractivity contribution is 7.89. The van der Waals surface area contributed by atoms with E-state index < -0.39 is 10.0 Å². The lowest BCUT2D eigenvalue weighted by Gasteiger charge is -2.26. The first-order valence-electron chi connectivity index (χ1n) is 6.16. The lowest BCUT2D eigenvalue weighted by Crippen LogP contribution is -2.40. The Hall–Kier alpha value is -1.49. The van der Waals surface area contributed by atoms with Crippen molar-refractivity contribution in [1.29, 1.82) is 5.26 Å². The summed E-state index contributed by atoms with van der Waals surface area (Å²) < 4.78 is 27.1. The fourth-order valence-corrected chi connectivity index (χ4v) is 3.62. The van der Waals surface area contributed by atoms with Crippen molar-refractivity contribution in [2.45, 2.75) is 42.7 Å². The van der Waals surface area contributed by atoms with Gasteiger partial charge in [-0.3, -0.25) is 0 Å². The van der Waals surface area contributed by atoms with Crippen molar-refractivity contribution in [1.82, 2.24) is 9.71 Å². The van der Waals surface area contributed by atoms with Crippen LogP contribution in [-0.2, 0) is 10.0 Å². The Balaban J connectivity index is 2.17. The van der Waals surface area contributed by atoms with Gasteiger partial charge >= 0.3 is 0 Å². The molecular formula is C12H16N4O2S. The van der Waals surface area contributed by atoms with Gasteiger partial charge in [0, 0.05) is 18.3 Å². The van der Waals surface area contributed by atoms with E-state index in [9.17, 15) is 8.42 Å². The van der Waals surface area contributed by atoms with Gasteiger partial charge < -0.3 is 5.73 Å². The van der Waals surface area contributed by atoms with E-state index in [1.807, 2.05) is 0 Å². The van der Waals surface area contributed by atoms with Crippen LogP contribution in [0.5, 0.6) is 0 Å². The van der Waals surface area contributed by atoms with Crippen LogP contribution in [0.4, 0.5) is 0 Å². The van der Waals surface area contributed by atoms with E-state index in [0.29, 0.717) is 0 Å². The van der Waals surface area contributed by atoms with Gasteiger partial charge in [-0.15, -0.1) is 0 Å². The van der Waals surface area contributed by atoms with Gasteiger partial charge in [-0.1, -0.05) is 0 Å². The van der Waals surface area contributed by atoms with E-state index in [-0.39, 0.29) is 22.7 Å². The van der Waals surface area contributed by atoms with Crippen LogP contribution < -0.4 is 10.5 Å². The average Bonchev–Trinajstić information content (AvgIpc) is 2.41. The van der Waals surface area contributed by atoms with Crippen molar-refractivity contribution in [3.8, 4) is 6.07 Å². The van der Waals surface area contributed by atoms with Crippen molar-refractivity contribution < 1.29 is 8.42 Å². The predicted molar refractivity (Wildman–Crippen MR) is 69.5 cm³/mol. The molecule has 1 fully saturated rings. The van der Waals surface area contributed by atoms with E-state index in [1.165, 1.54) is 18.3 Å². The molecule has 102 valence electrons. The SMILES string of the molecule is N#Cc1ncccc1S(=O)(=O)NC1CCC(N)CC1. The van der Waals surface area contributed by atoms with Crippen molar-refractivity contribution in [3.05, 3.63) is 24.0 Å². The predicted octanol–water partition coefficient (Wildman–Crippen LogP) is 0.501. The molecule has 0 aromatic carbocycles. The molecule has 2 rings (SSSR count). The molecule has 6 nitrogen and oxygen atoms in total. The number of rotatable bonds is 3. The maximum atomic E-state index is 12.2. The third kappa shape index (κ3) is 3.29. The zero-order valence-corrected chi connectivity index (χ0v) is 11.2. The Morgan fingerprint density at radius 3 is 2.68 bits per heavy atom. The smallest absolute Gasteiger partial charge is 0.243 e. The number of nitrogens with one attached hydrogen (secondary N) is 1. The summed E-state index contributed by atoms with van der Waals surface area (Å²) in [7, 11) is -3.70. The third-order valence-electron chi connectivity index (χ3n) is 3.26. The third-order valence-corrected chi connectivity index (χ3v) is 4.81. The second-order valence-corrected chi connectivity index (χ2v) is 6.38. The fraction of sp³-hybridized carbons (Fsp3) is 0.500. The molecule has 19 heavy (non-hydrogen) atoms. The van der Waals surface area contributed by atoms with Crippen LogP contribution in [0.25, 0.3) is 0 Å². The Kier molecular flexibility index (Phi) is 4.14. The number of nitrogens with zero attached hydrogens (tertiary/aromatic N) is 2. The lowest BCUT2D eigenvalue weighted by molar-refractivity contribution is 0.373. The molecule has 1 heterocycles. The van der Waals surface area contributed by atoms with Crippen LogP contribution >= 0.6 is 0 Å². The summed E-state index contributed by atoms with van der Waals surface area (Å²) in [5.41, 5.74) is 5.71. The van der Waals surface area contributed by atoms with Gasteiger partial charge in [0.15, 0.2) is 5.69 Å². The first-order chi connectivity index (χ1) is 9.03. The van der Waals surface area contributed by atoms with Crippen molar-refractivity contribution in [2.75, 3.05) is 0 Å². The minimum Gasteiger partial charge on any atom is -0.328 e.